The molecule has 1 aromatic carbocycles. The van der Waals surface area contributed by atoms with Crippen LogP contribution >= 0.6 is 0 Å². The van der Waals surface area contributed by atoms with Crippen LogP contribution in [0.4, 0.5) is 0 Å². The Morgan fingerprint density at radius 3 is 2.82 bits per heavy atom. The van der Waals surface area contributed by atoms with Crippen LogP contribution in [-0.2, 0) is 17.6 Å². The highest BCUT2D eigenvalue weighted by atomic mass is 16.5. The fourth-order valence-electron chi connectivity index (χ4n) is 4.06. The molecule has 0 aromatic heterocycles. The van der Waals surface area contributed by atoms with Gasteiger partial charge < -0.3 is 4.90 Å². The van der Waals surface area contributed by atoms with Crippen molar-refractivity contribution in [2.24, 2.45) is 5.41 Å². The van der Waals surface area contributed by atoms with Gasteiger partial charge in [-0.05, 0) is 55.4 Å². The Bertz CT molecular complexity index is 653. The number of nitrogens with zero attached hydrogens (tertiary/aromatic N) is 1. The first-order valence-electron chi connectivity index (χ1n) is 7.96. The summed E-state index contributed by atoms with van der Waals surface area (Å²) in [5.74, 6) is -0.152. The lowest BCUT2D eigenvalue weighted by Gasteiger charge is -2.34. The van der Waals surface area contributed by atoms with E-state index >= 15 is 0 Å². The van der Waals surface area contributed by atoms with Crippen LogP contribution < -0.4 is 5.48 Å². The number of hydrogen-bond acceptors (Lipinski definition) is 3. The molecule has 22 heavy (non-hydrogen) atoms. The summed E-state index contributed by atoms with van der Waals surface area (Å²) >= 11 is 0. The van der Waals surface area contributed by atoms with Crippen molar-refractivity contribution in [3.8, 4) is 0 Å². The minimum absolute atomic E-state index is 0.0907. The lowest BCUT2D eigenvalue weighted by Crippen LogP contribution is -2.34. The summed E-state index contributed by atoms with van der Waals surface area (Å²) in [6.07, 6.45) is 5.81. The molecule has 1 heterocycles. The maximum Gasteiger partial charge on any atom is 0.274 e. The van der Waals surface area contributed by atoms with E-state index in [0.29, 0.717) is 23.9 Å². The fraction of sp³-hybridized carbons (Fsp3) is 0.529. The van der Waals surface area contributed by atoms with Crippen LogP contribution in [0.5, 0.6) is 0 Å². The molecule has 1 unspecified atom stereocenters. The molecule has 5 heteroatoms. The van der Waals surface area contributed by atoms with Crippen molar-refractivity contribution < 1.29 is 14.8 Å². The molecule has 2 fully saturated rings. The second kappa shape index (κ2) is 4.81. The van der Waals surface area contributed by atoms with Crippen LogP contribution in [-0.4, -0.2) is 34.5 Å². The van der Waals surface area contributed by atoms with E-state index in [2.05, 4.69) is 4.90 Å². The maximum absolute atomic E-state index is 12.3. The minimum atomic E-state index is -0.473. The van der Waals surface area contributed by atoms with Crippen LogP contribution in [0, 0.1) is 5.41 Å². The van der Waals surface area contributed by atoms with Crippen molar-refractivity contribution in [2.75, 3.05) is 6.54 Å². The number of hydroxylamine groups is 1. The van der Waals surface area contributed by atoms with Crippen molar-refractivity contribution in [1.29, 1.82) is 0 Å². The van der Waals surface area contributed by atoms with E-state index in [1.165, 1.54) is 11.1 Å². The number of hydrogen-bond donors (Lipinski definition) is 2. The molecular formula is C17H20N2O3. The lowest BCUT2D eigenvalue weighted by atomic mass is 9.70. The summed E-state index contributed by atoms with van der Waals surface area (Å²) in [6, 6.07) is 6.09. The van der Waals surface area contributed by atoms with Crippen molar-refractivity contribution >= 4 is 11.8 Å². The normalized spacial score (nSPS) is 27.1. The van der Waals surface area contributed by atoms with E-state index in [9.17, 15) is 9.59 Å². The summed E-state index contributed by atoms with van der Waals surface area (Å²) in [5.41, 5.74) is 4.67. The number of amides is 2. The first-order chi connectivity index (χ1) is 10.6. The molecule has 5 nitrogen and oxygen atoms in total. The first kappa shape index (κ1) is 13.8. The van der Waals surface area contributed by atoms with Gasteiger partial charge in [-0.25, -0.2) is 5.48 Å². The van der Waals surface area contributed by atoms with E-state index in [1.807, 2.05) is 12.1 Å². The molecule has 116 valence electrons. The highest BCUT2D eigenvalue weighted by Crippen LogP contribution is 2.46. The monoisotopic (exact) mass is 300 g/mol. The zero-order valence-corrected chi connectivity index (χ0v) is 12.5. The van der Waals surface area contributed by atoms with Gasteiger partial charge in [0.15, 0.2) is 0 Å². The molecule has 1 saturated carbocycles. The van der Waals surface area contributed by atoms with Gasteiger partial charge in [-0.2, -0.15) is 0 Å². The van der Waals surface area contributed by atoms with Gasteiger partial charge in [-0.15, -0.1) is 0 Å². The Morgan fingerprint density at radius 2 is 2.09 bits per heavy atom. The molecule has 2 amide bonds. The van der Waals surface area contributed by atoms with E-state index in [4.69, 9.17) is 5.21 Å². The summed E-state index contributed by atoms with van der Waals surface area (Å²) in [7, 11) is 0. The van der Waals surface area contributed by atoms with Gasteiger partial charge in [-0.3, -0.25) is 14.8 Å². The fourth-order valence-corrected chi connectivity index (χ4v) is 4.06. The van der Waals surface area contributed by atoms with Gasteiger partial charge >= 0.3 is 0 Å². The van der Waals surface area contributed by atoms with Crippen LogP contribution in [0.25, 0.3) is 0 Å². The summed E-state index contributed by atoms with van der Waals surface area (Å²) in [5, 5.41) is 8.73. The van der Waals surface area contributed by atoms with Crippen LogP contribution in [0.2, 0.25) is 0 Å². The van der Waals surface area contributed by atoms with Crippen LogP contribution in [0.3, 0.4) is 0 Å². The van der Waals surface area contributed by atoms with Gasteiger partial charge in [-0.1, -0.05) is 6.07 Å². The Hall–Kier alpha value is -1.88. The molecule has 4 rings (SSSR count). The Kier molecular flexibility index (Phi) is 3.01. The minimum Gasteiger partial charge on any atom is -0.339 e. The van der Waals surface area contributed by atoms with Crippen LogP contribution in [0.1, 0.15) is 47.2 Å². The molecule has 1 saturated heterocycles. The molecule has 2 aliphatic carbocycles. The first-order valence-corrected chi connectivity index (χ1v) is 7.96. The predicted octanol–water partition coefficient (Wildman–Crippen LogP) is 1.68. The largest absolute Gasteiger partial charge is 0.339 e. The smallest absolute Gasteiger partial charge is 0.274 e. The Morgan fingerprint density at radius 1 is 1.27 bits per heavy atom. The van der Waals surface area contributed by atoms with E-state index in [-0.39, 0.29) is 5.41 Å². The van der Waals surface area contributed by atoms with E-state index in [0.717, 1.165) is 38.6 Å². The van der Waals surface area contributed by atoms with Crippen molar-refractivity contribution in [2.45, 2.75) is 44.6 Å². The second-order valence-electron chi connectivity index (χ2n) is 7.03. The molecule has 1 atom stereocenters. The SMILES string of the molecule is O=C(NO)c1ccc2c(c1)CCC1(CC(=O)N(C3CC3)C1)C2. The maximum atomic E-state index is 12.3. The molecule has 1 aromatic rings. The lowest BCUT2D eigenvalue weighted by molar-refractivity contribution is -0.128. The van der Waals surface area contributed by atoms with E-state index in [1.54, 1.807) is 11.5 Å². The zero-order valence-electron chi connectivity index (χ0n) is 12.5. The highest BCUT2D eigenvalue weighted by Gasteiger charge is 2.48. The average molecular weight is 300 g/mol. The molecule has 3 aliphatic rings. The third-order valence-corrected chi connectivity index (χ3v) is 5.40. The molecule has 1 aliphatic heterocycles. The average Bonchev–Trinajstić information content (AvgIpc) is 3.31. The highest BCUT2D eigenvalue weighted by molar-refractivity contribution is 5.93. The number of aryl methyl sites for hydroxylation is 1. The van der Waals surface area contributed by atoms with Gasteiger partial charge in [0.1, 0.15) is 0 Å². The zero-order chi connectivity index (χ0) is 15.3. The number of carbonyl (C=O) groups excluding carboxylic acids is 2. The van der Waals surface area contributed by atoms with Gasteiger partial charge in [0.05, 0.1) is 0 Å². The summed E-state index contributed by atoms with van der Waals surface area (Å²) in [4.78, 5) is 25.9. The number of likely N-dealkylation sites (tertiary alicyclic amines) is 1. The van der Waals surface area contributed by atoms with E-state index < -0.39 is 5.91 Å². The van der Waals surface area contributed by atoms with Gasteiger partial charge in [0.2, 0.25) is 5.91 Å². The van der Waals surface area contributed by atoms with Crippen molar-refractivity contribution in [1.82, 2.24) is 10.4 Å². The molecule has 1 spiro atoms. The third-order valence-electron chi connectivity index (χ3n) is 5.40. The van der Waals surface area contributed by atoms with Crippen LogP contribution in [0.15, 0.2) is 18.2 Å². The predicted molar refractivity (Wildman–Crippen MR) is 79.5 cm³/mol. The molecular weight excluding hydrogens is 280 g/mol. The van der Waals surface area contributed by atoms with Gasteiger partial charge in [0, 0.05) is 30.0 Å². The number of carbonyl (C=O) groups is 2. The van der Waals surface area contributed by atoms with Crippen molar-refractivity contribution in [3.05, 3.63) is 34.9 Å². The summed E-state index contributed by atoms with van der Waals surface area (Å²) < 4.78 is 0. The summed E-state index contributed by atoms with van der Waals surface area (Å²) in [6.45, 7) is 0.898. The third kappa shape index (κ3) is 2.20. The molecule has 2 N–H and O–H groups in total. The number of fused-ring (bicyclic) bond motifs is 1. The van der Waals surface area contributed by atoms with Gasteiger partial charge in [0.25, 0.3) is 5.91 Å². The standard InChI is InChI=1S/C17H20N2O3/c20-15-9-17(10-19(15)14-3-4-14)6-5-11-7-12(16(21)18-22)1-2-13(11)8-17/h1-2,7,14,22H,3-6,8-10H2,(H,18,21). The number of benzene rings is 1. The Balaban J connectivity index is 1.57. The Labute approximate surface area is 129 Å². The quantitative estimate of drug-likeness (QED) is 0.645. The number of nitrogens with one attached hydrogen (secondary N) is 1. The topological polar surface area (TPSA) is 69.6 Å². The van der Waals surface area contributed by atoms with Crippen molar-refractivity contribution in [3.63, 3.8) is 0 Å². The second-order valence-corrected chi connectivity index (χ2v) is 7.03. The number of rotatable bonds is 2. The molecule has 0 radical (unpaired) electrons. The molecule has 0 bridgehead atoms.